The van der Waals surface area contributed by atoms with Gasteiger partial charge < -0.3 is 20.1 Å². The summed E-state index contributed by atoms with van der Waals surface area (Å²) in [5.74, 6) is -1.36. The van der Waals surface area contributed by atoms with Gasteiger partial charge >= 0.3 is 12.1 Å². The Bertz CT molecular complexity index is 2660. The number of amides is 4. The Hall–Kier alpha value is -5.77. The van der Waals surface area contributed by atoms with E-state index >= 15 is 0 Å². The number of esters is 1. The summed E-state index contributed by atoms with van der Waals surface area (Å²) in [7, 11) is 0. The molecule has 10 nitrogen and oxygen atoms in total. The molecule has 0 spiro atoms. The molecular formula is C59H71N3O7. The summed E-state index contributed by atoms with van der Waals surface area (Å²) < 4.78 is 11.4. The van der Waals surface area contributed by atoms with E-state index in [1.807, 2.05) is 48.5 Å². The summed E-state index contributed by atoms with van der Waals surface area (Å²) >= 11 is 0. The number of fused-ring (bicyclic) bond motifs is 9. The normalized spacial score (nSPS) is 27.1. The number of rotatable bonds is 10. The molecule has 0 heterocycles. The first-order valence-corrected chi connectivity index (χ1v) is 25.5. The highest BCUT2D eigenvalue weighted by Crippen LogP contribution is 2.60. The predicted octanol–water partition coefficient (Wildman–Crippen LogP) is 11.3. The zero-order valence-corrected chi connectivity index (χ0v) is 41.9. The van der Waals surface area contributed by atoms with Gasteiger partial charge in [-0.1, -0.05) is 119 Å². The van der Waals surface area contributed by atoms with Crippen molar-refractivity contribution in [3.8, 4) is 11.1 Å². The van der Waals surface area contributed by atoms with E-state index in [2.05, 4.69) is 87.0 Å². The maximum absolute atomic E-state index is 14.8. The van der Waals surface area contributed by atoms with Crippen molar-refractivity contribution in [2.24, 2.45) is 22.7 Å². The van der Waals surface area contributed by atoms with E-state index in [9.17, 15) is 24.0 Å². The van der Waals surface area contributed by atoms with E-state index in [0.717, 1.165) is 85.6 Å². The maximum Gasteiger partial charge on any atom is 0.407 e. The molecule has 0 saturated heterocycles. The molecule has 7 atom stereocenters. The van der Waals surface area contributed by atoms with Crippen molar-refractivity contribution in [2.75, 3.05) is 11.9 Å². The van der Waals surface area contributed by atoms with E-state index in [0.29, 0.717) is 12.1 Å². The first-order valence-electron chi connectivity index (χ1n) is 25.5. The van der Waals surface area contributed by atoms with Gasteiger partial charge in [-0.05, 0) is 165 Å². The second-order valence-electron chi connectivity index (χ2n) is 23.0. The fourth-order valence-corrected chi connectivity index (χ4v) is 14.0. The van der Waals surface area contributed by atoms with Crippen LogP contribution in [0.25, 0.3) is 11.1 Å². The molecule has 0 radical (unpaired) electrons. The van der Waals surface area contributed by atoms with Gasteiger partial charge in [-0.15, -0.1) is 0 Å². The van der Waals surface area contributed by atoms with Gasteiger partial charge in [0.2, 0.25) is 17.7 Å². The first kappa shape index (κ1) is 48.3. The van der Waals surface area contributed by atoms with Gasteiger partial charge in [0.05, 0.1) is 10.8 Å². The van der Waals surface area contributed by atoms with Crippen LogP contribution in [0.2, 0.25) is 0 Å². The zero-order chi connectivity index (χ0) is 49.1. The third-order valence-corrected chi connectivity index (χ3v) is 17.4. The number of ether oxygens (including phenoxy) is 2. The number of anilines is 1. The number of aryl methyl sites for hydroxylation is 3. The van der Waals surface area contributed by atoms with E-state index < -0.39 is 45.9 Å². The lowest BCUT2D eigenvalue weighted by Crippen LogP contribution is -2.60. The van der Waals surface area contributed by atoms with Crippen molar-refractivity contribution in [3.05, 3.63) is 124 Å². The second-order valence-corrected chi connectivity index (χ2v) is 23.0. The van der Waals surface area contributed by atoms with E-state index in [4.69, 9.17) is 9.47 Å². The molecule has 3 N–H and O–H groups in total. The van der Waals surface area contributed by atoms with Crippen LogP contribution in [-0.2, 0) is 52.3 Å². The van der Waals surface area contributed by atoms with Crippen LogP contribution < -0.4 is 16.0 Å². The van der Waals surface area contributed by atoms with Crippen LogP contribution in [0, 0.1) is 29.6 Å². The van der Waals surface area contributed by atoms with Gasteiger partial charge in [0, 0.05) is 18.0 Å². The number of imide groups is 1. The minimum Gasteiger partial charge on any atom is -0.460 e. The number of hydrogen-bond acceptors (Lipinski definition) is 7. The van der Waals surface area contributed by atoms with E-state index in [1.54, 1.807) is 20.8 Å². The fourth-order valence-electron chi connectivity index (χ4n) is 14.0. The van der Waals surface area contributed by atoms with Crippen LogP contribution in [0.15, 0.2) is 84.9 Å². The molecule has 69 heavy (non-hydrogen) atoms. The van der Waals surface area contributed by atoms with Crippen LogP contribution >= 0.6 is 0 Å². The molecule has 0 unspecified atom stereocenters. The maximum atomic E-state index is 14.8. The summed E-state index contributed by atoms with van der Waals surface area (Å²) in [5.41, 5.74) is 8.47. The van der Waals surface area contributed by atoms with Crippen molar-refractivity contribution in [1.29, 1.82) is 0 Å². The van der Waals surface area contributed by atoms with Gasteiger partial charge in [-0.25, -0.2) is 4.79 Å². The summed E-state index contributed by atoms with van der Waals surface area (Å²) in [6.45, 7) is 16.3. The average molecular weight is 934 g/mol. The molecular weight excluding hydrogens is 863 g/mol. The highest BCUT2D eigenvalue weighted by Gasteiger charge is 2.58. The first-order chi connectivity index (χ1) is 32.7. The molecule has 4 aromatic carbocycles. The lowest BCUT2D eigenvalue weighted by Gasteiger charge is -2.56. The Morgan fingerprint density at radius 2 is 1.23 bits per heavy atom. The lowest BCUT2D eigenvalue weighted by atomic mass is 9.49. The largest absolute Gasteiger partial charge is 0.460 e. The van der Waals surface area contributed by atoms with Crippen LogP contribution in [0.4, 0.5) is 10.5 Å². The van der Waals surface area contributed by atoms with Crippen molar-refractivity contribution in [2.45, 2.75) is 161 Å². The molecule has 10 heteroatoms. The molecule has 9 rings (SSSR count). The van der Waals surface area contributed by atoms with Crippen LogP contribution in [0.5, 0.6) is 0 Å². The summed E-state index contributed by atoms with van der Waals surface area (Å²) in [5, 5.41) is 8.92. The molecule has 364 valence electrons. The highest BCUT2D eigenvalue weighted by atomic mass is 16.6. The number of nitrogens with one attached hydrogen (secondary N) is 3. The van der Waals surface area contributed by atoms with Gasteiger partial charge in [-0.3, -0.25) is 24.5 Å². The van der Waals surface area contributed by atoms with Crippen molar-refractivity contribution in [3.63, 3.8) is 0 Å². The third-order valence-electron chi connectivity index (χ3n) is 17.4. The zero-order valence-electron chi connectivity index (χ0n) is 41.9. The molecule has 0 aromatic heterocycles. The molecule has 4 aromatic rings. The third kappa shape index (κ3) is 8.90. The monoisotopic (exact) mass is 934 g/mol. The minimum absolute atomic E-state index is 0.00610. The van der Waals surface area contributed by atoms with E-state index in [1.165, 1.54) is 22.3 Å². The summed E-state index contributed by atoms with van der Waals surface area (Å²) in [6, 6.07) is 27.8. The van der Waals surface area contributed by atoms with Gasteiger partial charge in [0.25, 0.3) is 0 Å². The molecule has 2 fully saturated rings. The Morgan fingerprint density at radius 3 is 1.80 bits per heavy atom. The Kier molecular flexibility index (Phi) is 12.7. The molecule has 0 aliphatic heterocycles. The van der Waals surface area contributed by atoms with Crippen LogP contribution in [-0.4, -0.2) is 48.0 Å². The Morgan fingerprint density at radius 1 is 0.696 bits per heavy atom. The number of alkyl carbamates (subject to hydrolysis) is 1. The van der Waals surface area contributed by atoms with Gasteiger partial charge in [0.15, 0.2) is 0 Å². The number of benzene rings is 4. The molecule has 5 aliphatic rings. The number of hydrogen-bond donors (Lipinski definition) is 3. The Labute approximate surface area is 408 Å². The average Bonchev–Trinajstić information content (AvgIpc) is 3.62. The highest BCUT2D eigenvalue weighted by molar-refractivity contribution is 6.01. The SMILES string of the molecule is Cc1ccc2c(c1)[C@@]1(C)CCC[C@](C)(C(=O)NC(=O)[C@@]3(C)CCC[C@]4(C)c5cc(NC(=O)[C@H](CCC(=O)OC(C)(C)C)NC(=O)OCC6c7ccccc7-c7ccccc76)ccc5CC[C@@H]34)[C@@H]1CC2. The minimum atomic E-state index is -1.11. The molecule has 2 saturated carbocycles. The summed E-state index contributed by atoms with van der Waals surface area (Å²) in [4.78, 5) is 70.3. The van der Waals surface area contributed by atoms with Gasteiger partial charge in [-0.2, -0.15) is 0 Å². The van der Waals surface area contributed by atoms with Crippen LogP contribution in [0.3, 0.4) is 0 Å². The predicted molar refractivity (Wildman–Crippen MR) is 269 cm³/mol. The standard InChI is InChI=1S/C59H71N3O7/c1-36-19-20-37-22-26-48-56(5,45(37)33-36)29-13-31-58(48,7)52(65)62-53(66)59(8)32-14-30-57(6)46-34-39(24-21-38(46)23-27-49(57)59)60-51(64)47(25-28-50(63)69-55(2,3)4)61-54(67)68-35-44-42-17-11-9-15-40(42)41-16-10-12-18-43(41)44/h9-12,15-21,24,33-34,44,47-49H,13-14,22-23,25-32,35H2,1-8H3,(H,60,64)(H,61,67)(H,62,65,66)/t47-,48+,49+,56+,57+,58-,59-/m0/s1. The smallest absolute Gasteiger partial charge is 0.407 e. The van der Waals surface area contributed by atoms with Gasteiger partial charge in [0.1, 0.15) is 18.2 Å². The lowest BCUT2D eigenvalue weighted by molar-refractivity contribution is -0.155. The molecule has 4 amide bonds. The van der Waals surface area contributed by atoms with Crippen molar-refractivity contribution in [1.82, 2.24) is 10.6 Å². The molecule has 0 bridgehead atoms. The second kappa shape index (κ2) is 18.2. The van der Waals surface area contributed by atoms with Crippen molar-refractivity contribution >= 4 is 35.5 Å². The molecule has 5 aliphatic carbocycles. The summed E-state index contributed by atoms with van der Waals surface area (Å²) in [6.07, 6.45) is 7.65. The van der Waals surface area contributed by atoms with Crippen molar-refractivity contribution < 1.29 is 33.4 Å². The number of carbonyl (C=O) groups excluding carboxylic acids is 5. The quantitative estimate of drug-likeness (QED) is 0.106. The Balaban J connectivity index is 0.904. The van der Waals surface area contributed by atoms with E-state index in [-0.39, 0.29) is 54.4 Å². The number of carbonyl (C=O) groups is 5. The topological polar surface area (TPSA) is 140 Å². The van der Waals surface area contributed by atoms with Crippen LogP contribution in [0.1, 0.15) is 158 Å². The fraction of sp³-hybridized carbons (Fsp3) is 0.508.